The molecule has 6 heteroatoms. The second-order valence-electron chi connectivity index (χ2n) is 3.55. The average Bonchev–Trinajstić information content (AvgIpc) is 2.27. The van der Waals surface area contributed by atoms with Gasteiger partial charge in [-0.05, 0) is 25.1 Å². The minimum atomic E-state index is -1.13. The predicted octanol–water partition coefficient (Wildman–Crippen LogP) is 1.44. The molecule has 0 spiro atoms. The topological polar surface area (TPSA) is 69.6 Å². The molecule has 0 aliphatic heterocycles. The van der Waals surface area contributed by atoms with Gasteiger partial charge in [-0.1, -0.05) is 6.07 Å². The first-order valence-electron chi connectivity index (χ1n) is 4.94. The fourth-order valence-electron chi connectivity index (χ4n) is 1.15. The lowest BCUT2D eigenvalue weighted by Gasteiger charge is -2.19. The fourth-order valence-corrected chi connectivity index (χ4v) is 1.15. The predicted molar refractivity (Wildman–Crippen MR) is 60.4 cm³/mol. The molecule has 92 valence electrons. The molecule has 0 heterocycles. The van der Waals surface area contributed by atoms with Gasteiger partial charge in [0.2, 0.25) is 0 Å². The van der Waals surface area contributed by atoms with Crippen molar-refractivity contribution in [2.45, 2.75) is 13.0 Å². The maximum atomic E-state index is 12.9. The Bertz CT molecular complexity index is 436. The maximum Gasteiger partial charge on any atom is 0.325 e. The van der Waals surface area contributed by atoms with Crippen LogP contribution in [0.5, 0.6) is 0 Å². The molecule has 0 aliphatic carbocycles. The first-order chi connectivity index (χ1) is 7.91. The van der Waals surface area contributed by atoms with Gasteiger partial charge in [0, 0.05) is 12.7 Å². The van der Waals surface area contributed by atoms with Gasteiger partial charge in [-0.15, -0.1) is 0 Å². The van der Waals surface area contributed by atoms with Crippen LogP contribution in [0.4, 0.5) is 14.9 Å². The van der Waals surface area contributed by atoms with E-state index < -0.39 is 23.9 Å². The number of carbonyl (C=O) groups is 2. The van der Waals surface area contributed by atoms with Crippen molar-refractivity contribution in [3.63, 3.8) is 0 Å². The molecule has 1 rings (SSSR count). The Kier molecular flexibility index (Phi) is 4.03. The van der Waals surface area contributed by atoms with Gasteiger partial charge < -0.3 is 10.4 Å². The normalized spacial score (nSPS) is 11.7. The highest BCUT2D eigenvalue weighted by Gasteiger charge is 2.17. The summed E-state index contributed by atoms with van der Waals surface area (Å²) >= 11 is 0. The smallest absolute Gasteiger partial charge is 0.325 e. The number of urea groups is 1. The Labute approximate surface area is 97.8 Å². The van der Waals surface area contributed by atoms with Crippen LogP contribution in [0.25, 0.3) is 0 Å². The first-order valence-corrected chi connectivity index (χ1v) is 4.94. The molecular formula is C11H13FN2O3. The Morgan fingerprint density at radius 1 is 1.47 bits per heavy atom. The first kappa shape index (κ1) is 13.0. The number of carboxylic acids is 1. The van der Waals surface area contributed by atoms with Crippen molar-refractivity contribution in [3.05, 3.63) is 30.1 Å². The summed E-state index contributed by atoms with van der Waals surface area (Å²) in [5.41, 5.74) is 0.347. The number of carbonyl (C=O) groups excluding carboxylic acids is 1. The number of anilines is 1. The number of nitrogens with zero attached hydrogens (tertiary/aromatic N) is 1. The molecule has 0 aliphatic rings. The van der Waals surface area contributed by atoms with E-state index in [1.54, 1.807) is 6.07 Å². The van der Waals surface area contributed by atoms with Crippen LogP contribution in [0.15, 0.2) is 24.3 Å². The number of carboxylic acid groups (broad SMARTS) is 1. The van der Waals surface area contributed by atoms with Crippen LogP contribution in [0.1, 0.15) is 6.92 Å². The molecule has 17 heavy (non-hydrogen) atoms. The highest BCUT2D eigenvalue weighted by atomic mass is 19.1. The Hall–Kier alpha value is -2.11. The summed E-state index contributed by atoms with van der Waals surface area (Å²) < 4.78 is 12.9. The Morgan fingerprint density at radius 3 is 2.65 bits per heavy atom. The number of benzene rings is 1. The van der Waals surface area contributed by atoms with E-state index in [9.17, 15) is 14.0 Å². The van der Waals surface area contributed by atoms with Crippen LogP contribution < -0.4 is 10.2 Å². The fraction of sp³-hybridized carbons (Fsp3) is 0.273. The van der Waals surface area contributed by atoms with Crippen molar-refractivity contribution in [2.24, 2.45) is 0 Å². The monoisotopic (exact) mass is 240 g/mol. The van der Waals surface area contributed by atoms with Crippen molar-refractivity contribution in [1.29, 1.82) is 0 Å². The molecular weight excluding hydrogens is 227 g/mol. The quantitative estimate of drug-likeness (QED) is 0.840. The zero-order valence-electron chi connectivity index (χ0n) is 9.48. The number of nitrogens with one attached hydrogen (secondary N) is 1. The molecule has 0 bridgehead atoms. The van der Waals surface area contributed by atoms with Gasteiger partial charge in [0.05, 0.1) is 0 Å². The van der Waals surface area contributed by atoms with Gasteiger partial charge in [-0.2, -0.15) is 0 Å². The van der Waals surface area contributed by atoms with Crippen molar-refractivity contribution < 1.29 is 19.1 Å². The molecule has 0 aromatic heterocycles. The van der Waals surface area contributed by atoms with Crippen LogP contribution in [-0.2, 0) is 4.79 Å². The van der Waals surface area contributed by atoms with Crippen molar-refractivity contribution >= 4 is 17.7 Å². The second kappa shape index (κ2) is 5.29. The summed E-state index contributed by atoms with van der Waals surface area (Å²) in [6, 6.07) is 3.85. The molecule has 0 unspecified atom stereocenters. The summed E-state index contributed by atoms with van der Waals surface area (Å²) in [6.07, 6.45) is 0. The highest BCUT2D eigenvalue weighted by Crippen LogP contribution is 2.13. The number of amides is 2. The third-order valence-electron chi connectivity index (χ3n) is 2.21. The lowest BCUT2D eigenvalue weighted by atomic mass is 10.3. The molecule has 0 fully saturated rings. The van der Waals surface area contributed by atoms with Crippen molar-refractivity contribution in [1.82, 2.24) is 5.32 Å². The molecule has 0 saturated carbocycles. The van der Waals surface area contributed by atoms with Gasteiger partial charge in [0.15, 0.2) is 0 Å². The second-order valence-corrected chi connectivity index (χ2v) is 3.55. The Balaban J connectivity index is 2.73. The summed E-state index contributed by atoms with van der Waals surface area (Å²) in [7, 11) is 1.43. The lowest BCUT2D eigenvalue weighted by Crippen LogP contribution is -2.45. The maximum absolute atomic E-state index is 12.9. The largest absolute Gasteiger partial charge is 0.480 e. The molecule has 0 saturated heterocycles. The summed E-state index contributed by atoms with van der Waals surface area (Å²) in [5.74, 6) is -1.60. The van der Waals surface area contributed by atoms with E-state index in [1.807, 2.05) is 0 Å². The summed E-state index contributed by atoms with van der Waals surface area (Å²) in [4.78, 5) is 23.3. The molecule has 0 radical (unpaired) electrons. The number of hydrogen-bond acceptors (Lipinski definition) is 2. The van der Waals surface area contributed by atoms with E-state index >= 15 is 0 Å². The SMILES string of the molecule is C[C@@H](NC(=O)N(C)c1cccc(F)c1)C(=O)O. The molecule has 5 nitrogen and oxygen atoms in total. The van der Waals surface area contributed by atoms with Gasteiger partial charge in [0.1, 0.15) is 11.9 Å². The van der Waals surface area contributed by atoms with E-state index in [2.05, 4.69) is 5.32 Å². The highest BCUT2D eigenvalue weighted by molar-refractivity contribution is 5.93. The van der Waals surface area contributed by atoms with Crippen LogP contribution in [0.2, 0.25) is 0 Å². The number of hydrogen-bond donors (Lipinski definition) is 2. The van der Waals surface area contributed by atoms with E-state index in [0.717, 1.165) is 4.90 Å². The minimum Gasteiger partial charge on any atom is -0.480 e. The lowest BCUT2D eigenvalue weighted by molar-refractivity contribution is -0.138. The van der Waals surface area contributed by atoms with Crippen LogP contribution in [0.3, 0.4) is 0 Å². The number of rotatable bonds is 3. The van der Waals surface area contributed by atoms with E-state index in [4.69, 9.17) is 5.11 Å². The van der Waals surface area contributed by atoms with Crippen molar-refractivity contribution in [3.8, 4) is 0 Å². The Morgan fingerprint density at radius 2 is 2.12 bits per heavy atom. The van der Waals surface area contributed by atoms with E-state index in [0.29, 0.717) is 5.69 Å². The zero-order chi connectivity index (χ0) is 13.0. The summed E-state index contributed by atoms with van der Waals surface area (Å²) in [5, 5.41) is 10.9. The third-order valence-corrected chi connectivity index (χ3v) is 2.21. The summed E-state index contributed by atoms with van der Waals surface area (Å²) in [6.45, 7) is 1.35. The number of aliphatic carboxylic acids is 1. The third kappa shape index (κ3) is 3.44. The van der Waals surface area contributed by atoms with Gasteiger partial charge in [-0.25, -0.2) is 9.18 Å². The molecule has 1 aromatic rings. The van der Waals surface area contributed by atoms with Crippen LogP contribution >= 0.6 is 0 Å². The average molecular weight is 240 g/mol. The minimum absolute atomic E-state index is 0.347. The molecule has 2 N–H and O–H groups in total. The van der Waals surface area contributed by atoms with Crippen LogP contribution in [0, 0.1) is 5.82 Å². The number of halogens is 1. The van der Waals surface area contributed by atoms with E-state index in [1.165, 1.54) is 32.2 Å². The van der Waals surface area contributed by atoms with Crippen LogP contribution in [-0.4, -0.2) is 30.2 Å². The van der Waals surface area contributed by atoms with Gasteiger partial charge in [-0.3, -0.25) is 9.69 Å². The van der Waals surface area contributed by atoms with Gasteiger partial charge >= 0.3 is 12.0 Å². The standard InChI is InChI=1S/C11H13FN2O3/c1-7(10(15)16)13-11(17)14(2)9-5-3-4-8(12)6-9/h3-7H,1-2H3,(H,13,17)(H,15,16)/t7-/m1/s1. The van der Waals surface area contributed by atoms with Gasteiger partial charge in [0.25, 0.3) is 0 Å². The molecule has 1 atom stereocenters. The zero-order valence-corrected chi connectivity index (χ0v) is 9.48. The molecule has 1 aromatic carbocycles. The van der Waals surface area contributed by atoms with Crippen molar-refractivity contribution in [2.75, 3.05) is 11.9 Å². The molecule has 2 amide bonds. The van der Waals surface area contributed by atoms with E-state index in [-0.39, 0.29) is 0 Å².